The summed E-state index contributed by atoms with van der Waals surface area (Å²) >= 11 is 0. The molecule has 2 aliphatic heterocycles. The van der Waals surface area contributed by atoms with E-state index in [-0.39, 0.29) is 32.7 Å². The molecular weight excluding hydrogens is 431 g/mol. The minimum atomic E-state index is -1.63. The Morgan fingerprint density at radius 1 is 1.15 bits per heavy atom. The number of rotatable bonds is 5. The number of carboxylic acid groups (broad SMARTS) is 1. The van der Waals surface area contributed by atoms with Crippen LogP contribution in [-0.2, 0) is 56.5 Å². The van der Waals surface area contributed by atoms with Crippen molar-refractivity contribution in [3.05, 3.63) is 5.73 Å². The predicted molar refractivity (Wildman–Crippen MR) is 76.6 cm³/mol. The third-order valence-corrected chi connectivity index (χ3v) is 4.53. The Hall–Kier alpha value is 0.214. The van der Waals surface area contributed by atoms with E-state index in [0.29, 0.717) is 0 Å². The fourth-order valence-corrected chi connectivity index (χ4v) is 2.97. The van der Waals surface area contributed by atoms with E-state index < -0.39 is 73.7 Å². The molecule has 0 aromatic rings. The molecule has 0 saturated carbocycles. The number of carbonyl (C=O) groups excluding carboxylic acids is 1. The Kier molecular flexibility index (Phi) is 9.44. The molecule has 0 amide bonds. The van der Waals surface area contributed by atoms with Crippen molar-refractivity contribution in [3.8, 4) is 0 Å². The molecule has 2 rings (SSSR count). The molecule has 10 atom stereocenters. The van der Waals surface area contributed by atoms with Crippen LogP contribution in [0.25, 0.3) is 5.73 Å². The van der Waals surface area contributed by atoms with Gasteiger partial charge < -0.3 is 55.0 Å². The van der Waals surface area contributed by atoms with E-state index >= 15 is 0 Å². The van der Waals surface area contributed by atoms with Crippen LogP contribution in [0.5, 0.6) is 0 Å². The number of carboxylic acids is 1. The third-order valence-electron chi connectivity index (χ3n) is 4.53. The second-order valence-corrected chi connectivity index (χ2v) is 6.16. The molecule has 11 nitrogen and oxygen atoms in total. The molecule has 0 spiro atoms. The van der Waals surface area contributed by atoms with E-state index in [2.05, 4.69) is 0 Å². The van der Waals surface area contributed by atoms with Gasteiger partial charge >= 0.3 is 0 Å². The fraction of sp³-hybridized carbons (Fsp3) is 0.929. The number of carbonyl (C=O) groups is 1. The SMILES string of the molecule is CO[C@@H]1OC(CO)[C@@H](O[C@@H]2OC(C(=O)[O-])[C@@H](C)C(O)[C@@H]2O)C(O)C1[NH-].[Y]. The molecule has 149 valence electrons. The molecule has 26 heavy (non-hydrogen) atoms. The van der Waals surface area contributed by atoms with Crippen molar-refractivity contribution in [3.63, 3.8) is 0 Å². The molecule has 12 heteroatoms. The van der Waals surface area contributed by atoms with Gasteiger partial charge in [0.05, 0.1) is 24.8 Å². The van der Waals surface area contributed by atoms with E-state index in [4.69, 9.17) is 24.7 Å². The van der Waals surface area contributed by atoms with Gasteiger partial charge in [-0.3, -0.25) is 0 Å². The number of hydrogen-bond acceptors (Lipinski definition) is 10. The summed E-state index contributed by atoms with van der Waals surface area (Å²) in [5.74, 6) is -2.55. The largest absolute Gasteiger partial charge is 0.668 e. The molecule has 0 bridgehead atoms. The summed E-state index contributed by atoms with van der Waals surface area (Å²) < 4.78 is 20.7. The molecule has 1 radical (unpaired) electrons. The van der Waals surface area contributed by atoms with Crippen LogP contribution in [0.4, 0.5) is 0 Å². The number of methoxy groups -OCH3 is 1. The number of aliphatic carboxylic acids is 1. The summed E-state index contributed by atoms with van der Waals surface area (Å²) in [6.07, 6.45) is -11.3. The molecule has 0 aliphatic carbocycles. The van der Waals surface area contributed by atoms with Crippen molar-refractivity contribution in [2.75, 3.05) is 13.7 Å². The number of hydrogen-bond donors (Lipinski definition) is 4. The van der Waals surface area contributed by atoms with E-state index in [0.717, 1.165) is 0 Å². The van der Waals surface area contributed by atoms with Gasteiger partial charge in [0.2, 0.25) is 0 Å². The maximum absolute atomic E-state index is 11.1. The van der Waals surface area contributed by atoms with Gasteiger partial charge in [-0.05, 0) is 0 Å². The minimum absolute atomic E-state index is 0. The topological polar surface area (TPSA) is 182 Å². The molecule has 2 saturated heterocycles. The van der Waals surface area contributed by atoms with Crippen molar-refractivity contribution in [2.24, 2.45) is 5.92 Å². The molecule has 2 heterocycles. The number of aliphatic hydroxyl groups is 4. The normalized spacial score (nSPS) is 46.4. The number of nitrogens with one attached hydrogen (secondary N) is 1. The van der Waals surface area contributed by atoms with Gasteiger partial charge in [0.15, 0.2) is 6.29 Å². The molecule has 5 unspecified atom stereocenters. The van der Waals surface area contributed by atoms with Gasteiger partial charge in [-0.2, -0.15) is 0 Å². The molecule has 5 N–H and O–H groups in total. The van der Waals surface area contributed by atoms with E-state index in [1.165, 1.54) is 14.0 Å². The van der Waals surface area contributed by atoms with Crippen molar-refractivity contribution >= 4 is 5.97 Å². The minimum Gasteiger partial charge on any atom is -0.668 e. The second kappa shape index (κ2) is 10.1. The predicted octanol–water partition coefficient (Wildman–Crippen LogP) is -3.65. The summed E-state index contributed by atoms with van der Waals surface area (Å²) in [4.78, 5) is 11.1. The summed E-state index contributed by atoms with van der Waals surface area (Å²) in [5, 5.41) is 50.8. The third kappa shape index (κ3) is 4.79. The number of ether oxygens (including phenoxy) is 4. The van der Waals surface area contributed by atoms with Crippen LogP contribution in [0.15, 0.2) is 0 Å². The van der Waals surface area contributed by atoms with Crippen LogP contribution in [0.3, 0.4) is 0 Å². The van der Waals surface area contributed by atoms with Crippen molar-refractivity contribution in [2.45, 2.75) is 62.2 Å². The monoisotopic (exact) mass is 454 g/mol. The maximum Gasteiger partial charge on any atom is 0.187 e. The Labute approximate surface area is 175 Å². The second-order valence-electron chi connectivity index (χ2n) is 6.16. The smallest absolute Gasteiger partial charge is 0.187 e. The van der Waals surface area contributed by atoms with Gasteiger partial charge in [-0.15, -0.1) is 0 Å². The molecule has 0 aromatic carbocycles. The average molecular weight is 454 g/mol. The van der Waals surface area contributed by atoms with Gasteiger partial charge in [-0.1, -0.05) is 13.0 Å². The number of aliphatic hydroxyl groups excluding tert-OH is 4. The van der Waals surface area contributed by atoms with Crippen LogP contribution < -0.4 is 5.11 Å². The molecule has 2 aliphatic rings. The summed E-state index contributed by atoms with van der Waals surface area (Å²) in [5.41, 5.74) is 7.86. The Morgan fingerprint density at radius 3 is 2.27 bits per heavy atom. The van der Waals surface area contributed by atoms with Crippen LogP contribution in [0.2, 0.25) is 0 Å². The zero-order valence-electron chi connectivity index (χ0n) is 14.3. The van der Waals surface area contributed by atoms with Gasteiger partial charge in [-0.25, -0.2) is 0 Å². The Balaban J connectivity index is 0.00000338. The van der Waals surface area contributed by atoms with Crippen molar-refractivity contribution in [1.82, 2.24) is 0 Å². The van der Waals surface area contributed by atoms with Crippen LogP contribution >= 0.6 is 0 Å². The summed E-state index contributed by atoms with van der Waals surface area (Å²) in [6, 6.07) is -1.28. The van der Waals surface area contributed by atoms with Crippen LogP contribution in [0.1, 0.15) is 6.92 Å². The van der Waals surface area contributed by atoms with Crippen LogP contribution in [-0.4, -0.2) is 95.4 Å². The molecular formula is C14H23NO10Y-2. The van der Waals surface area contributed by atoms with Gasteiger partial charge in [0.1, 0.15) is 30.7 Å². The summed E-state index contributed by atoms with van der Waals surface area (Å²) in [6.45, 7) is 0.767. The first-order valence-corrected chi connectivity index (χ1v) is 7.79. The van der Waals surface area contributed by atoms with Crippen molar-refractivity contribution < 1.29 is 82.0 Å². The zero-order valence-corrected chi connectivity index (χ0v) is 17.1. The van der Waals surface area contributed by atoms with Gasteiger partial charge in [0.25, 0.3) is 0 Å². The van der Waals surface area contributed by atoms with Gasteiger partial charge in [0, 0.05) is 45.7 Å². The quantitative estimate of drug-likeness (QED) is 0.323. The van der Waals surface area contributed by atoms with Crippen LogP contribution in [0, 0.1) is 5.92 Å². The standard InChI is InChI=1S/C14H24NO10.Y/c1-4-7(17)9(19)14(24-10(4)12(20)21)25-11-5(3-16)23-13(22-2)6(15)8(11)18;/h4-11,13-19H,3H2,1-2H3,(H,20,21);/q-1;/p-1/t4-,5?,6?,7?,8?,9-,10?,11+,13+,14-;/m0./s1. The van der Waals surface area contributed by atoms with E-state index in [9.17, 15) is 30.3 Å². The first-order chi connectivity index (χ1) is 11.7. The average Bonchev–Trinajstić information content (AvgIpc) is 2.58. The zero-order chi connectivity index (χ0) is 18.9. The first kappa shape index (κ1) is 24.3. The fourth-order valence-electron chi connectivity index (χ4n) is 2.97. The Morgan fingerprint density at radius 2 is 1.77 bits per heavy atom. The maximum atomic E-state index is 11.1. The van der Waals surface area contributed by atoms with Crippen molar-refractivity contribution in [1.29, 1.82) is 0 Å². The molecule has 0 aromatic heterocycles. The van der Waals surface area contributed by atoms with E-state index in [1.54, 1.807) is 0 Å². The summed E-state index contributed by atoms with van der Waals surface area (Å²) in [7, 11) is 1.27. The Bertz CT molecular complexity index is 469. The van der Waals surface area contributed by atoms with E-state index in [1.807, 2.05) is 0 Å². The molecule has 2 fully saturated rings. The first-order valence-electron chi connectivity index (χ1n) is 7.79.